The van der Waals surface area contributed by atoms with Crippen LogP contribution in [0.3, 0.4) is 0 Å². The summed E-state index contributed by atoms with van der Waals surface area (Å²) >= 11 is 0. The summed E-state index contributed by atoms with van der Waals surface area (Å²) in [6, 6.07) is 11.5. The second-order valence-corrected chi connectivity index (χ2v) is 9.98. The highest BCUT2D eigenvalue weighted by molar-refractivity contribution is 5.96. The Kier molecular flexibility index (Phi) is 6.31. The second-order valence-electron chi connectivity index (χ2n) is 9.98. The minimum absolute atomic E-state index is 0.0127. The minimum Gasteiger partial charge on any atom is -0.367 e. The summed E-state index contributed by atoms with van der Waals surface area (Å²) in [5, 5.41) is 7.18. The first-order valence-electron chi connectivity index (χ1n) is 12.8. The van der Waals surface area contributed by atoms with E-state index >= 15 is 0 Å². The van der Waals surface area contributed by atoms with E-state index in [4.69, 9.17) is 0 Å². The van der Waals surface area contributed by atoms with E-state index in [2.05, 4.69) is 15.4 Å². The van der Waals surface area contributed by atoms with E-state index in [0.717, 1.165) is 6.07 Å². The Bertz CT molecular complexity index is 1610. The maximum atomic E-state index is 14.0. The van der Waals surface area contributed by atoms with Gasteiger partial charge in [-0.2, -0.15) is 18.3 Å². The SMILES string of the molecule is O=C(c1cc(-c2cc[nH]c2)n(-c2ccc(F)c(C(F)(F)F)c2)n1)N1CCC2(CC1)C(=O)NCN2c1ccc(F)cc1. The van der Waals surface area contributed by atoms with Crippen molar-refractivity contribution in [2.75, 3.05) is 24.7 Å². The quantitative estimate of drug-likeness (QED) is 0.348. The lowest BCUT2D eigenvalue weighted by atomic mass is 9.85. The van der Waals surface area contributed by atoms with Gasteiger partial charge in [-0.15, -0.1) is 0 Å². The largest absolute Gasteiger partial charge is 0.419 e. The number of piperidine rings is 1. The number of rotatable bonds is 4. The van der Waals surface area contributed by atoms with Crippen LogP contribution in [-0.2, 0) is 11.0 Å². The molecule has 13 heteroatoms. The Labute approximate surface area is 230 Å². The molecule has 0 radical (unpaired) electrons. The van der Waals surface area contributed by atoms with Crippen LogP contribution in [0.1, 0.15) is 28.9 Å². The Hall–Kier alpha value is -4.68. The molecule has 0 saturated carbocycles. The van der Waals surface area contributed by atoms with Gasteiger partial charge in [-0.05, 0) is 67.4 Å². The van der Waals surface area contributed by atoms with E-state index in [1.807, 2.05) is 4.90 Å². The summed E-state index contributed by atoms with van der Waals surface area (Å²) in [7, 11) is 0. The van der Waals surface area contributed by atoms with Gasteiger partial charge in [0.05, 0.1) is 23.6 Å². The van der Waals surface area contributed by atoms with Crippen LogP contribution < -0.4 is 10.2 Å². The Morgan fingerprint density at radius 1 is 0.951 bits per heavy atom. The van der Waals surface area contributed by atoms with E-state index in [0.29, 0.717) is 41.9 Å². The van der Waals surface area contributed by atoms with E-state index in [1.165, 1.54) is 22.9 Å². The first kappa shape index (κ1) is 26.5. The first-order chi connectivity index (χ1) is 19.6. The zero-order chi connectivity index (χ0) is 28.9. The molecule has 6 rings (SSSR count). The number of carbonyl (C=O) groups is 2. The van der Waals surface area contributed by atoms with Crippen LogP contribution in [0.4, 0.5) is 27.6 Å². The number of benzene rings is 2. The van der Waals surface area contributed by atoms with Crippen molar-refractivity contribution in [1.82, 2.24) is 25.0 Å². The van der Waals surface area contributed by atoms with Gasteiger partial charge in [0.25, 0.3) is 5.91 Å². The fourth-order valence-corrected chi connectivity index (χ4v) is 5.52. The van der Waals surface area contributed by atoms with Crippen molar-refractivity contribution < 1.29 is 31.5 Å². The molecule has 8 nitrogen and oxygen atoms in total. The van der Waals surface area contributed by atoms with Gasteiger partial charge in [-0.1, -0.05) is 0 Å². The van der Waals surface area contributed by atoms with E-state index in [9.17, 15) is 31.5 Å². The summed E-state index contributed by atoms with van der Waals surface area (Å²) < 4.78 is 68.9. The third kappa shape index (κ3) is 4.60. The van der Waals surface area contributed by atoms with Crippen molar-refractivity contribution in [3.05, 3.63) is 89.9 Å². The van der Waals surface area contributed by atoms with Crippen molar-refractivity contribution in [1.29, 1.82) is 0 Å². The molecule has 0 atom stereocenters. The van der Waals surface area contributed by atoms with Crippen molar-refractivity contribution in [3.8, 4) is 16.9 Å². The highest BCUT2D eigenvalue weighted by Crippen LogP contribution is 2.37. The number of anilines is 1. The molecule has 4 aromatic rings. The number of hydrogen-bond donors (Lipinski definition) is 2. The molecule has 2 N–H and O–H groups in total. The number of halogens is 5. The smallest absolute Gasteiger partial charge is 0.367 e. The van der Waals surface area contributed by atoms with Crippen LogP contribution in [-0.4, -0.2) is 56.8 Å². The summed E-state index contributed by atoms with van der Waals surface area (Å²) in [5.41, 5.74) is -0.862. The van der Waals surface area contributed by atoms with Gasteiger partial charge >= 0.3 is 6.18 Å². The molecule has 41 heavy (non-hydrogen) atoms. The Balaban J connectivity index is 1.28. The molecule has 2 aliphatic rings. The molecule has 0 bridgehead atoms. The van der Waals surface area contributed by atoms with Gasteiger partial charge in [0.15, 0.2) is 5.69 Å². The first-order valence-corrected chi connectivity index (χ1v) is 12.8. The van der Waals surface area contributed by atoms with Crippen molar-refractivity contribution >= 4 is 17.5 Å². The normalized spacial score (nSPS) is 16.9. The lowest BCUT2D eigenvalue weighted by Crippen LogP contribution is -2.57. The molecule has 2 aromatic heterocycles. The lowest BCUT2D eigenvalue weighted by molar-refractivity contribution is -0.140. The van der Waals surface area contributed by atoms with Gasteiger partial charge in [0, 0.05) is 36.7 Å². The van der Waals surface area contributed by atoms with Crippen LogP contribution in [0.15, 0.2) is 67.0 Å². The number of hydrogen-bond acceptors (Lipinski definition) is 4. The maximum Gasteiger partial charge on any atom is 0.419 e. The molecule has 4 heterocycles. The number of aromatic nitrogens is 3. The number of likely N-dealkylation sites (tertiary alicyclic amines) is 1. The molecule has 1 spiro atoms. The van der Waals surface area contributed by atoms with E-state index < -0.39 is 34.8 Å². The number of nitrogens with zero attached hydrogens (tertiary/aromatic N) is 4. The zero-order valence-corrected chi connectivity index (χ0v) is 21.4. The predicted octanol–water partition coefficient (Wildman–Crippen LogP) is 4.73. The zero-order valence-electron chi connectivity index (χ0n) is 21.4. The second kappa shape index (κ2) is 9.75. The van der Waals surface area contributed by atoms with Crippen LogP contribution >= 0.6 is 0 Å². The summed E-state index contributed by atoms with van der Waals surface area (Å²) in [6.07, 6.45) is -1.09. The third-order valence-corrected chi connectivity index (χ3v) is 7.68. The Morgan fingerprint density at radius 3 is 2.32 bits per heavy atom. The summed E-state index contributed by atoms with van der Waals surface area (Å²) in [5.74, 6) is -2.44. The molecule has 2 aromatic carbocycles. The number of amides is 2. The topological polar surface area (TPSA) is 86.3 Å². The molecule has 0 unspecified atom stereocenters. The fraction of sp³-hybridized carbons (Fsp3) is 0.250. The average molecular weight is 571 g/mol. The predicted molar refractivity (Wildman–Crippen MR) is 138 cm³/mol. The van der Waals surface area contributed by atoms with Crippen LogP contribution in [0.5, 0.6) is 0 Å². The number of nitrogens with one attached hydrogen (secondary N) is 2. The summed E-state index contributed by atoms with van der Waals surface area (Å²) in [4.78, 5) is 32.8. The van der Waals surface area contributed by atoms with Crippen LogP contribution in [0.25, 0.3) is 16.9 Å². The molecular weight excluding hydrogens is 547 g/mol. The molecule has 2 aliphatic heterocycles. The number of alkyl halides is 3. The monoisotopic (exact) mass is 570 g/mol. The van der Waals surface area contributed by atoms with Gasteiger partial charge in [-0.25, -0.2) is 13.5 Å². The lowest BCUT2D eigenvalue weighted by Gasteiger charge is -2.43. The van der Waals surface area contributed by atoms with Crippen LogP contribution in [0, 0.1) is 11.6 Å². The molecule has 2 saturated heterocycles. The van der Waals surface area contributed by atoms with E-state index in [1.54, 1.807) is 35.5 Å². The standard InChI is InChI=1S/C28H23F5N6O2/c29-18-1-3-19(4-2-18)38-16-35-26(41)27(38)8-11-37(12-9-27)25(40)23-14-24(17-7-10-34-15-17)39(36-23)20-5-6-22(30)21(13-20)28(31,32)33/h1-7,10,13-15,34H,8-9,11-12,16H2,(H,35,41). The third-order valence-electron chi connectivity index (χ3n) is 7.68. The average Bonchev–Trinajstić information content (AvgIpc) is 3.70. The van der Waals surface area contributed by atoms with Crippen molar-refractivity contribution in [3.63, 3.8) is 0 Å². The minimum atomic E-state index is -4.92. The molecule has 2 amide bonds. The molecular formula is C28H23F5N6O2. The van der Waals surface area contributed by atoms with Crippen molar-refractivity contribution in [2.24, 2.45) is 0 Å². The number of carbonyl (C=O) groups excluding carboxylic acids is 2. The summed E-state index contributed by atoms with van der Waals surface area (Å²) in [6.45, 7) is 0.677. The highest BCUT2D eigenvalue weighted by Gasteiger charge is 2.51. The molecule has 2 fully saturated rings. The van der Waals surface area contributed by atoms with Gasteiger partial charge in [-0.3, -0.25) is 9.59 Å². The van der Waals surface area contributed by atoms with Gasteiger partial charge in [0.2, 0.25) is 5.91 Å². The van der Waals surface area contributed by atoms with Gasteiger partial charge in [0.1, 0.15) is 17.2 Å². The number of aromatic amines is 1. The number of H-pyrrole nitrogens is 1. The van der Waals surface area contributed by atoms with E-state index in [-0.39, 0.29) is 37.0 Å². The highest BCUT2D eigenvalue weighted by atomic mass is 19.4. The fourth-order valence-electron chi connectivity index (χ4n) is 5.52. The van der Waals surface area contributed by atoms with Gasteiger partial charge < -0.3 is 20.1 Å². The van der Waals surface area contributed by atoms with Crippen molar-refractivity contribution in [2.45, 2.75) is 24.6 Å². The van der Waals surface area contributed by atoms with Crippen LogP contribution in [0.2, 0.25) is 0 Å². The molecule has 212 valence electrons. The maximum absolute atomic E-state index is 14.0. The Morgan fingerprint density at radius 2 is 1.66 bits per heavy atom. The molecule has 0 aliphatic carbocycles.